The maximum absolute atomic E-state index is 13.1. The molecule has 0 aromatic carbocycles. The SMILES string of the molecule is CO[C@@H]1CCN(c2nc(C(F)(F)F)ccc2C#N)[C@@H](CNC(=O)OC(C)(C)C)C1. The van der Waals surface area contributed by atoms with Gasteiger partial charge in [-0.1, -0.05) is 0 Å². The number of nitrogens with zero attached hydrogens (tertiary/aromatic N) is 3. The van der Waals surface area contributed by atoms with Crippen LogP contribution in [0.4, 0.5) is 23.8 Å². The van der Waals surface area contributed by atoms with Gasteiger partial charge in [0.15, 0.2) is 0 Å². The lowest BCUT2D eigenvalue weighted by Crippen LogP contribution is -2.51. The molecule has 0 saturated carbocycles. The molecule has 29 heavy (non-hydrogen) atoms. The van der Waals surface area contributed by atoms with Crippen LogP contribution in [0, 0.1) is 11.3 Å². The lowest BCUT2D eigenvalue weighted by atomic mass is 9.98. The summed E-state index contributed by atoms with van der Waals surface area (Å²) in [7, 11) is 1.56. The van der Waals surface area contributed by atoms with Gasteiger partial charge in [-0.05, 0) is 45.7 Å². The summed E-state index contributed by atoms with van der Waals surface area (Å²) in [5.74, 6) is -0.0483. The molecule has 1 saturated heterocycles. The van der Waals surface area contributed by atoms with Gasteiger partial charge in [0.1, 0.15) is 23.2 Å². The van der Waals surface area contributed by atoms with Crippen molar-refractivity contribution in [1.29, 1.82) is 5.26 Å². The number of amides is 1. The molecule has 10 heteroatoms. The van der Waals surface area contributed by atoms with Crippen molar-refractivity contribution in [2.75, 3.05) is 25.1 Å². The predicted octanol–water partition coefficient (Wildman–Crippen LogP) is 3.48. The first-order chi connectivity index (χ1) is 13.4. The zero-order valence-corrected chi connectivity index (χ0v) is 16.8. The second kappa shape index (κ2) is 8.86. The Labute approximate surface area is 167 Å². The van der Waals surface area contributed by atoms with Crippen molar-refractivity contribution in [3.63, 3.8) is 0 Å². The number of carbonyl (C=O) groups is 1. The summed E-state index contributed by atoms with van der Waals surface area (Å²) in [6.07, 6.45) is -4.36. The number of nitrogens with one attached hydrogen (secondary N) is 1. The molecule has 2 atom stereocenters. The van der Waals surface area contributed by atoms with E-state index in [4.69, 9.17) is 9.47 Å². The molecule has 0 spiro atoms. The van der Waals surface area contributed by atoms with Crippen molar-refractivity contribution in [1.82, 2.24) is 10.3 Å². The minimum Gasteiger partial charge on any atom is -0.444 e. The molecule has 2 rings (SSSR count). The van der Waals surface area contributed by atoms with Gasteiger partial charge < -0.3 is 19.7 Å². The smallest absolute Gasteiger partial charge is 0.433 e. The third kappa shape index (κ3) is 6.22. The number of anilines is 1. The molecular weight excluding hydrogens is 389 g/mol. The van der Waals surface area contributed by atoms with Crippen LogP contribution in [-0.4, -0.2) is 49.0 Å². The molecule has 1 aromatic rings. The number of hydrogen-bond acceptors (Lipinski definition) is 6. The molecule has 1 aliphatic heterocycles. The van der Waals surface area contributed by atoms with Crippen LogP contribution in [0.15, 0.2) is 12.1 Å². The Morgan fingerprint density at radius 1 is 1.38 bits per heavy atom. The summed E-state index contributed by atoms with van der Waals surface area (Å²) < 4.78 is 50.0. The second-order valence-corrected chi connectivity index (χ2v) is 7.79. The molecule has 1 N–H and O–H groups in total. The van der Waals surface area contributed by atoms with Gasteiger partial charge in [-0.15, -0.1) is 0 Å². The first-order valence-electron chi connectivity index (χ1n) is 9.19. The highest BCUT2D eigenvalue weighted by molar-refractivity contribution is 5.68. The second-order valence-electron chi connectivity index (χ2n) is 7.79. The Balaban J connectivity index is 2.28. The fourth-order valence-electron chi connectivity index (χ4n) is 3.13. The lowest BCUT2D eigenvalue weighted by molar-refractivity contribution is -0.141. The van der Waals surface area contributed by atoms with Crippen LogP contribution in [0.2, 0.25) is 0 Å². The predicted molar refractivity (Wildman–Crippen MR) is 99.4 cm³/mol. The highest BCUT2D eigenvalue weighted by atomic mass is 19.4. The van der Waals surface area contributed by atoms with Crippen molar-refractivity contribution in [2.24, 2.45) is 0 Å². The van der Waals surface area contributed by atoms with E-state index in [9.17, 15) is 23.2 Å². The van der Waals surface area contributed by atoms with Gasteiger partial charge in [-0.25, -0.2) is 9.78 Å². The van der Waals surface area contributed by atoms with E-state index in [2.05, 4.69) is 10.3 Å². The molecule has 1 aromatic heterocycles. The standard InChI is InChI=1S/C19H25F3N4O3/c1-18(2,3)29-17(27)24-11-13-9-14(28-4)7-8-26(13)16-12(10-23)5-6-15(25-16)19(20,21)22/h5-6,13-14H,7-9,11H2,1-4H3,(H,24,27)/t13-,14-/m1/s1. The van der Waals surface area contributed by atoms with Gasteiger partial charge in [-0.3, -0.25) is 0 Å². The summed E-state index contributed by atoms with van der Waals surface area (Å²) in [6.45, 7) is 5.63. The molecule has 1 amide bonds. The van der Waals surface area contributed by atoms with Crippen molar-refractivity contribution in [3.8, 4) is 6.07 Å². The van der Waals surface area contributed by atoms with Gasteiger partial charge >= 0.3 is 12.3 Å². The molecule has 0 aliphatic carbocycles. The number of nitriles is 1. The zero-order chi connectivity index (χ0) is 21.8. The largest absolute Gasteiger partial charge is 0.444 e. The van der Waals surface area contributed by atoms with Crippen LogP contribution in [0.5, 0.6) is 0 Å². The van der Waals surface area contributed by atoms with Gasteiger partial charge in [0.25, 0.3) is 0 Å². The van der Waals surface area contributed by atoms with Gasteiger partial charge in [0.2, 0.25) is 0 Å². The van der Waals surface area contributed by atoms with Crippen LogP contribution in [-0.2, 0) is 15.7 Å². The fourth-order valence-corrected chi connectivity index (χ4v) is 3.13. The summed E-state index contributed by atoms with van der Waals surface area (Å²) in [4.78, 5) is 17.3. The number of piperidine rings is 1. The number of alkyl halides is 3. The number of ether oxygens (including phenoxy) is 2. The van der Waals surface area contributed by atoms with E-state index in [0.29, 0.717) is 19.4 Å². The van der Waals surface area contributed by atoms with Gasteiger partial charge in [0, 0.05) is 20.2 Å². The Hall–Kier alpha value is -2.54. The zero-order valence-electron chi connectivity index (χ0n) is 16.8. The highest BCUT2D eigenvalue weighted by Crippen LogP contribution is 2.33. The highest BCUT2D eigenvalue weighted by Gasteiger charge is 2.36. The van der Waals surface area contributed by atoms with E-state index in [0.717, 1.165) is 12.1 Å². The number of rotatable bonds is 4. The molecule has 0 radical (unpaired) electrons. The van der Waals surface area contributed by atoms with E-state index in [1.54, 1.807) is 32.8 Å². The average molecular weight is 414 g/mol. The van der Waals surface area contributed by atoms with Crippen LogP contribution in [0.25, 0.3) is 0 Å². The number of methoxy groups -OCH3 is 1. The van der Waals surface area contributed by atoms with Crippen LogP contribution >= 0.6 is 0 Å². The molecule has 0 unspecified atom stereocenters. The van der Waals surface area contributed by atoms with E-state index < -0.39 is 29.6 Å². The maximum atomic E-state index is 13.1. The Kier molecular flexibility index (Phi) is 6.95. The fraction of sp³-hybridized carbons (Fsp3) is 0.632. The topological polar surface area (TPSA) is 87.5 Å². The lowest BCUT2D eigenvalue weighted by Gasteiger charge is -2.40. The number of hydrogen-bond donors (Lipinski definition) is 1. The quantitative estimate of drug-likeness (QED) is 0.812. The number of pyridine rings is 1. The number of aromatic nitrogens is 1. The Morgan fingerprint density at radius 3 is 2.62 bits per heavy atom. The van der Waals surface area contributed by atoms with Crippen LogP contribution < -0.4 is 10.2 Å². The minimum atomic E-state index is -4.63. The first kappa shape index (κ1) is 22.7. The van der Waals surface area contributed by atoms with Crippen molar-refractivity contribution < 1.29 is 27.4 Å². The van der Waals surface area contributed by atoms with Crippen molar-refractivity contribution >= 4 is 11.9 Å². The van der Waals surface area contributed by atoms with Gasteiger partial charge in [0.05, 0.1) is 17.7 Å². The molecule has 1 aliphatic rings. The van der Waals surface area contributed by atoms with E-state index in [-0.39, 0.29) is 24.0 Å². The minimum absolute atomic E-state index is 0.0381. The maximum Gasteiger partial charge on any atom is 0.433 e. The third-order valence-corrected chi connectivity index (χ3v) is 4.44. The Morgan fingerprint density at radius 2 is 2.07 bits per heavy atom. The Bertz CT molecular complexity index is 771. The average Bonchev–Trinajstić information content (AvgIpc) is 2.63. The summed E-state index contributed by atoms with van der Waals surface area (Å²) in [6, 6.07) is 3.39. The van der Waals surface area contributed by atoms with Crippen LogP contribution in [0.1, 0.15) is 44.9 Å². The van der Waals surface area contributed by atoms with Crippen molar-refractivity contribution in [3.05, 3.63) is 23.4 Å². The summed E-state index contributed by atoms with van der Waals surface area (Å²) in [5.41, 5.74) is -1.71. The monoisotopic (exact) mass is 414 g/mol. The first-order valence-corrected chi connectivity index (χ1v) is 9.19. The molecule has 2 heterocycles. The van der Waals surface area contributed by atoms with Crippen LogP contribution in [0.3, 0.4) is 0 Å². The molecule has 160 valence electrons. The summed E-state index contributed by atoms with van der Waals surface area (Å²) >= 11 is 0. The third-order valence-electron chi connectivity index (χ3n) is 4.44. The number of halogens is 3. The number of carbonyl (C=O) groups excluding carboxylic acids is 1. The van der Waals surface area contributed by atoms with E-state index in [1.165, 1.54) is 0 Å². The molecular formula is C19H25F3N4O3. The molecule has 7 nitrogen and oxygen atoms in total. The normalized spacial score (nSPS) is 20.1. The van der Waals surface area contributed by atoms with E-state index in [1.807, 2.05) is 6.07 Å². The van der Waals surface area contributed by atoms with E-state index >= 15 is 0 Å². The van der Waals surface area contributed by atoms with Gasteiger partial charge in [-0.2, -0.15) is 18.4 Å². The molecule has 0 bridgehead atoms. The summed E-state index contributed by atoms with van der Waals surface area (Å²) in [5, 5.41) is 12.0. The molecule has 1 fully saturated rings. The van der Waals surface area contributed by atoms with Crippen molar-refractivity contribution in [2.45, 2.75) is 57.5 Å². The number of alkyl carbamates (subject to hydrolysis) is 1.